The number of anilines is 1. The molecule has 0 spiro atoms. The molecule has 0 N–H and O–H groups in total. The number of nitrogens with zero attached hydrogens (tertiary/aromatic N) is 3. The normalized spacial score (nSPS) is 14.4. The van der Waals surface area contributed by atoms with Crippen molar-refractivity contribution in [2.24, 2.45) is 0 Å². The minimum Gasteiger partial charge on any atom is -0.485 e. The Bertz CT molecular complexity index is 403. The third-order valence-corrected chi connectivity index (χ3v) is 2.89. The Morgan fingerprint density at radius 3 is 3.00 bits per heavy atom. The summed E-state index contributed by atoms with van der Waals surface area (Å²) < 4.78 is 10.5. The third-order valence-electron chi connectivity index (χ3n) is 2.46. The van der Waals surface area contributed by atoms with Gasteiger partial charge in [-0.3, -0.25) is 0 Å². The van der Waals surface area contributed by atoms with Gasteiger partial charge in [0, 0.05) is 20.3 Å². The van der Waals surface area contributed by atoms with Crippen LogP contribution in [0.1, 0.15) is 6.42 Å². The molecule has 2 heterocycles. The van der Waals surface area contributed by atoms with Crippen LogP contribution in [-0.4, -0.2) is 43.4 Å². The van der Waals surface area contributed by atoms with Gasteiger partial charge in [-0.1, -0.05) is 11.6 Å². The summed E-state index contributed by atoms with van der Waals surface area (Å²) in [5, 5.41) is 0.396. The van der Waals surface area contributed by atoms with Gasteiger partial charge in [-0.2, -0.15) is 4.98 Å². The van der Waals surface area contributed by atoms with Gasteiger partial charge in [0.05, 0.1) is 6.54 Å². The van der Waals surface area contributed by atoms with Crippen LogP contribution in [0.15, 0.2) is 0 Å². The van der Waals surface area contributed by atoms with E-state index in [0.717, 1.165) is 19.5 Å². The zero-order chi connectivity index (χ0) is 12.3. The highest BCUT2D eigenvalue weighted by Crippen LogP contribution is 2.35. The van der Waals surface area contributed by atoms with Gasteiger partial charge in [-0.05, 0) is 18.0 Å². The van der Waals surface area contributed by atoms with E-state index < -0.39 is 0 Å². The molecule has 0 atom stereocenters. The molecule has 0 bridgehead atoms. The van der Waals surface area contributed by atoms with Crippen LogP contribution in [0, 0.1) is 0 Å². The largest absolute Gasteiger partial charge is 0.485 e. The summed E-state index contributed by atoms with van der Waals surface area (Å²) in [5.74, 6) is 1.18. The summed E-state index contributed by atoms with van der Waals surface area (Å²) in [6.45, 7) is 2.87. The summed E-state index contributed by atoms with van der Waals surface area (Å²) >= 11 is 11.8. The molecular weight excluding hydrogens is 265 g/mol. The molecule has 0 aromatic carbocycles. The highest BCUT2D eigenvalue weighted by Gasteiger charge is 2.23. The fraction of sp³-hybridized carbons (Fsp3) is 0.600. The summed E-state index contributed by atoms with van der Waals surface area (Å²) in [5.41, 5.74) is 0. The number of ether oxygens (including phenoxy) is 2. The molecule has 0 amide bonds. The van der Waals surface area contributed by atoms with E-state index in [9.17, 15) is 0 Å². The number of rotatable bonds is 4. The Hall–Kier alpha value is -0.780. The lowest BCUT2D eigenvalue weighted by Gasteiger charge is -2.30. The number of methoxy groups -OCH3 is 1. The Morgan fingerprint density at radius 1 is 1.41 bits per heavy atom. The van der Waals surface area contributed by atoms with Crippen molar-refractivity contribution in [3.63, 3.8) is 0 Å². The topological polar surface area (TPSA) is 47.5 Å². The molecule has 0 radical (unpaired) electrons. The molecule has 5 nitrogen and oxygen atoms in total. The van der Waals surface area contributed by atoms with Crippen LogP contribution < -0.4 is 9.64 Å². The molecule has 1 aliphatic heterocycles. The Balaban J connectivity index is 2.18. The van der Waals surface area contributed by atoms with Crippen LogP contribution in [0.2, 0.25) is 10.4 Å². The van der Waals surface area contributed by atoms with Crippen LogP contribution in [-0.2, 0) is 4.74 Å². The van der Waals surface area contributed by atoms with Crippen LogP contribution in [0.25, 0.3) is 0 Å². The summed E-state index contributed by atoms with van der Waals surface area (Å²) in [6.07, 6.45) is 0.912. The number of hydrogen-bond donors (Lipinski definition) is 0. The molecule has 1 aromatic heterocycles. The summed E-state index contributed by atoms with van der Waals surface area (Å²) in [6, 6.07) is 0. The first-order valence-electron chi connectivity index (χ1n) is 5.32. The molecule has 94 valence electrons. The van der Waals surface area contributed by atoms with Crippen molar-refractivity contribution in [1.82, 2.24) is 9.97 Å². The molecule has 1 aromatic rings. The average molecular weight is 278 g/mol. The van der Waals surface area contributed by atoms with Crippen LogP contribution >= 0.6 is 23.2 Å². The number of fused-ring (bicyclic) bond motifs is 1. The van der Waals surface area contributed by atoms with Gasteiger partial charge in [0.1, 0.15) is 6.61 Å². The molecule has 1 aliphatic rings. The van der Waals surface area contributed by atoms with Gasteiger partial charge in [0.15, 0.2) is 16.7 Å². The van der Waals surface area contributed by atoms with E-state index in [4.69, 9.17) is 32.7 Å². The predicted molar refractivity (Wildman–Crippen MR) is 66.3 cm³/mol. The first-order chi connectivity index (χ1) is 8.22. The molecule has 0 fully saturated rings. The molecule has 17 heavy (non-hydrogen) atoms. The quantitative estimate of drug-likeness (QED) is 0.479. The second-order valence-electron chi connectivity index (χ2n) is 3.62. The Kier molecular flexibility index (Phi) is 4.25. The predicted octanol–water partition coefficient (Wildman–Crippen LogP) is 2.02. The van der Waals surface area contributed by atoms with E-state index in [1.54, 1.807) is 7.11 Å². The molecule has 0 aliphatic carbocycles. The van der Waals surface area contributed by atoms with Crippen molar-refractivity contribution in [2.45, 2.75) is 6.42 Å². The van der Waals surface area contributed by atoms with E-state index in [1.807, 2.05) is 0 Å². The number of halogens is 2. The molecule has 0 saturated heterocycles. The zero-order valence-corrected chi connectivity index (χ0v) is 11.0. The van der Waals surface area contributed by atoms with Gasteiger partial charge in [0.2, 0.25) is 5.28 Å². The maximum absolute atomic E-state index is 5.96. The standard InChI is InChI=1S/C10H13Cl2N3O2/c1-16-5-2-3-15-4-6-17-7-8(11)13-10(12)14-9(7)15/h2-6H2,1H3. The van der Waals surface area contributed by atoms with E-state index in [0.29, 0.717) is 24.8 Å². The van der Waals surface area contributed by atoms with Crippen molar-refractivity contribution >= 4 is 29.0 Å². The number of hydrogen-bond acceptors (Lipinski definition) is 5. The van der Waals surface area contributed by atoms with Gasteiger partial charge >= 0.3 is 0 Å². The van der Waals surface area contributed by atoms with Crippen LogP contribution in [0.5, 0.6) is 5.75 Å². The lowest BCUT2D eigenvalue weighted by atomic mass is 10.3. The van der Waals surface area contributed by atoms with Crippen molar-refractivity contribution in [1.29, 1.82) is 0 Å². The van der Waals surface area contributed by atoms with Crippen LogP contribution in [0.4, 0.5) is 5.82 Å². The Labute approximate surface area is 110 Å². The lowest BCUT2D eigenvalue weighted by molar-refractivity contribution is 0.195. The highest BCUT2D eigenvalue weighted by molar-refractivity contribution is 6.33. The molecule has 0 saturated carbocycles. The minimum absolute atomic E-state index is 0.135. The third kappa shape index (κ3) is 2.91. The van der Waals surface area contributed by atoms with E-state index in [1.165, 1.54) is 0 Å². The molecule has 7 heteroatoms. The Morgan fingerprint density at radius 2 is 2.24 bits per heavy atom. The number of aromatic nitrogens is 2. The van der Waals surface area contributed by atoms with E-state index in [2.05, 4.69) is 14.9 Å². The van der Waals surface area contributed by atoms with Crippen molar-refractivity contribution < 1.29 is 9.47 Å². The van der Waals surface area contributed by atoms with Crippen molar-refractivity contribution in [3.05, 3.63) is 10.4 Å². The van der Waals surface area contributed by atoms with Gasteiger partial charge < -0.3 is 14.4 Å². The first-order valence-corrected chi connectivity index (χ1v) is 6.07. The van der Waals surface area contributed by atoms with Gasteiger partial charge in [-0.25, -0.2) is 4.98 Å². The average Bonchev–Trinajstić information content (AvgIpc) is 2.30. The van der Waals surface area contributed by atoms with E-state index in [-0.39, 0.29) is 10.4 Å². The van der Waals surface area contributed by atoms with Gasteiger partial charge in [-0.15, -0.1) is 0 Å². The van der Waals surface area contributed by atoms with Gasteiger partial charge in [0.25, 0.3) is 0 Å². The maximum atomic E-state index is 5.96. The monoisotopic (exact) mass is 277 g/mol. The fourth-order valence-corrected chi connectivity index (χ4v) is 2.13. The summed E-state index contributed by atoms with van der Waals surface area (Å²) in [7, 11) is 1.68. The molecule has 0 unspecified atom stereocenters. The minimum atomic E-state index is 0.135. The van der Waals surface area contributed by atoms with Crippen molar-refractivity contribution in [3.8, 4) is 5.75 Å². The zero-order valence-electron chi connectivity index (χ0n) is 9.45. The first kappa shape index (κ1) is 12.7. The van der Waals surface area contributed by atoms with Crippen molar-refractivity contribution in [2.75, 3.05) is 38.3 Å². The second kappa shape index (κ2) is 5.71. The smallest absolute Gasteiger partial charge is 0.226 e. The SMILES string of the molecule is COCCCN1CCOc2c(Cl)nc(Cl)nc21. The second-order valence-corrected chi connectivity index (χ2v) is 4.31. The van der Waals surface area contributed by atoms with Crippen LogP contribution in [0.3, 0.4) is 0 Å². The molecule has 2 rings (SSSR count). The lowest BCUT2D eigenvalue weighted by Crippen LogP contribution is -2.35. The maximum Gasteiger partial charge on any atom is 0.226 e. The summed E-state index contributed by atoms with van der Waals surface area (Å²) in [4.78, 5) is 10.1. The fourth-order valence-electron chi connectivity index (χ4n) is 1.71. The van der Waals surface area contributed by atoms with E-state index >= 15 is 0 Å². The molecular formula is C10H13Cl2N3O2. The highest BCUT2D eigenvalue weighted by atomic mass is 35.5.